The second-order valence-corrected chi connectivity index (χ2v) is 5.08. The molecule has 0 unspecified atom stereocenters. The number of guanidine groups is 1. The summed E-state index contributed by atoms with van der Waals surface area (Å²) in [5, 5.41) is 6.66. The molecular formula is C16H26IN5. The fraction of sp³-hybridized carbons (Fsp3) is 0.500. The van der Waals surface area contributed by atoms with Gasteiger partial charge in [-0.2, -0.15) is 0 Å². The van der Waals surface area contributed by atoms with Crippen molar-refractivity contribution in [3.8, 4) is 0 Å². The molecule has 0 aliphatic rings. The molecule has 0 aliphatic carbocycles. The van der Waals surface area contributed by atoms with Crippen LogP contribution in [0.3, 0.4) is 0 Å². The Balaban J connectivity index is 0.00000242. The molecule has 0 amide bonds. The summed E-state index contributed by atoms with van der Waals surface area (Å²) in [5.74, 6) is 0.870. The van der Waals surface area contributed by atoms with Crippen LogP contribution in [0.25, 0.3) is 5.65 Å². The second-order valence-electron chi connectivity index (χ2n) is 5.08. The number of pyridine rings is 1. The molecule has 22 heavy (non-hydrogen) atoms. The molecular weight excluding hydrogens is 389 g/mol. The van der Waals surface area contributed by atoms with Gasteiger partial charge in [-0.3, -0.25) is 4.99 Å². The molecule has 6 heteroatoms. The van der Waals surface area contributed by atoms with Crippen molar-refractivity contribution in [1.29, 1.82) is 0 Å². The van der Waals surface area contributed by atoms with E-state index >= 15 is 0 Å². The van der Waals surface area contributed by atoms with Gasteiger partial charge in [-0.1, -0.05) is 25.8 Å². The molecule has 2 rings (SSSR count). The molecule has 2 N–H and O–H groups in total. The molecule has 122 valence electrons. The van der Waals surface area contributed by atoms with Gasteiger partial charge in [0.2, 0.25) is 0 Å². The lowest BCUT2D eigenvalue weighted by Gasteiger charge is -2.10. The quantitative estimate of drug-likeness (QED) is 0.317. The minimum atomic E-state index is 0. The Hall–Kier alpha value is -1.31. The van der Waals surface area contributed by atoms with Crippen molar-refractivity contribution in [2.75, 3.05) is 20.1 Å². The smallest absolute Gasteiger partial charge is 0.190 e. The zero-order chi connectivity index (χ0) is 14.9. The number of nitrogens with zero attached hydrogens (tertiary/aromatic N) is 3. The first-order valence-electron chi connectivity index (χ1n) is 7.70. The van der Waals surface area contributed by atoms with Gasteiger partial charge in [-0.05, 0) is 18.6 Å². The molecule has 2 aromatic heterocycles. The number of fused-ring (bicyclic) bond motifs is 1. The van der Waals surface area contributed by atoms with E-state index in [2.05, 4.69) is 33.7 Å². The maximum atomic E-state index is 4.58. The fourth-order valence-corrected chi connectivity index (χ4v) is 2.22. The lowest BCUT2D eigenvalue weighted by atomic mass is 10.2. The zero-order valence-corrected chi connectivity index (χ0v) is 15.7. The van der Waals surface area contributed by atoms with Crippen molar-refractivity contribution in [3.05, 3.63) is 36.3 Å². The summed E-state index contributed by atoms with van der Waals surface area (Å²) >= 11 is 0. The predicted molar refractivity (Wildman–Crippen MR) is 103 cm³/mol. The van der Waals surface area contributed by atoms with Gasteiger partial charge in [0.05, 0.1) is 5.69 Å². The topological polar surface area (TPSA) is 53.7 Å². The number of halogens is 1. The summed E-state index contributed by atoms with van der Waals surface area (Å²) in [4.78, 5) is 8.81. The molecule has 0 spiro atoms. The van der Waals surface area contributed by atoms with Gasteiger partial charge < -0.3 is 15.0 Å². The van der Waals surface area contributed by atoms with Crippen molar-refractivity contribution in [2.24, 2.45) is 4.99 Å². The first-order valence-corrected chi connectivity index (χ1v) is 7.70. The van der Waals surface area contributed by atoms with E-state index in [4.69, 9.17) is 0 Å². The number of aromatic nitrogens is 2. The van der Waals surface area contributed by atoms with Crippen LogP contribution in [-0.2, 0) is 6.42 Å². The monoisotopic (exact) mass is 415 g/mol. The Morgan fingerprint density at radius 1 is 1.23 bits per heavy atom. The van der Waals surface area contributed by atoms with Gasteiger partial charge in [-0.15, -0.1) is 24.0 Å². The molecule has 0 aromatic carbocycles. The van der Waals surface area contributed by atoms with Crippen LogP contribution in [0.1, 0.15) is 31.9 Å². The molecule has 0 aliphatic heterocycles. The van der Waals surface area contributed by atoms with Gasteiger partial charge in [0.25, 0.3) is 0 Å². The molecule has 0 bridgehead atoms. The molecule has 0 saturated carbocycles. The Morgan fingerprint density at radius 2 is 2.05 bits per heavy atom. The van der Waals surface area contributed by atoms with Crippen LogP contribution in [0.5, 0.6) is 0 Å². The van der Waals surface area contributed by atoms with E-state index in [-0.39, 0.29) is 24.0 Å². The van der Waals surface area contributed by atoms with E-state index in [1.54, 1.807) is 7.05 Å². The minimum absolute atomic E-state index is 0. The number of imidazole rings is 1. The van der Waals surface area contributed by atoms with Gasteiger partial charge in [-0.25, -0.2) is 4.98 Å². The Morgan fingerprint density at radius 3 is 2.77 bits per heavy atom. The highest BCUT2D eigenvalue weighted by Crippen LogP contribution is 2.04. The largest absolute Gasteiger partial charge is 0.356 e. The third-order valence-electron chi connectivity index (χ3n) is 3.38. The third-order valence-corrected chi connectivity index (χ3v) is 3.38. The molecule has 0 saturated heterocycles. The zero-order valence-electron chi connectivity index (χ0n) is 13.4. The van der Waals surface area contributed by atoms with Crippen LogP contribution in [0.4, 0.5) is 0 Å². The van der Waals surface area contributed by atoms with E-state index in [1.165, 1.54) is 19.3 Å². The Bertz CT molecular complexity index is 546. The van der Waals surface area contributed by atoms with Crippen LogP contribution in [0.15, 0.2) is 35.6 Å². The average Bonchev–Trinajstić information content (AvgIpc) is 2.92. The molecule has 5 nitrogen and oxygen atoms in total. The van der Waals surface area contributed by atoms with Crippen molar-refractivity contribution < 1.29 is 0 Å². The summed E-state index contributed by atoms with van der Waals surface area (Å²) < 4.78 is 2.05. The van der Waals surface area contributed by atoms with E-state index in [0.29, 0.717) is 0 Å². The predicted octanol–water partition coefficient (Wildman–Crippen LogP) is 2.85. The van der Waals surface area contributed by atoms with Crippen LogP contribution < -0.4 is 10.6 Å². The van der Waals surface area contributed by atoms with Crippen LogP contribution in [0, 0.1) is 0 Å². The van der Waals surface area contributed by atoms with Gasteiger partial charge in [0.1, 0.15) is 5.65 Å². The Labute approximate surface area is 149 Å². The molecule has 0 atom stereocenters. The number of hydrogen-bond acceptors (Lipinski definition) is 2. The minimum Gasteiger partial charge on any atom is -0.356 e. The maximum Gasteiger partial charge on any atom is 0.190 e. The maximum absolute atomic E-state index is 4.58. The van der Waals surface area contributed by atoms with Crippen molar-refractivity contribution in [3.63, 3.8) is 0 Å². The standard InChI is InChI=1S/C16H25N5.HI/c1-3-4-6-10-18-16(17-2)19-11-9-14-13-21-12-7-5-8-15(21)20-14;/h5,7-8,12-13H,3-4,6,9-11H2,1-2H3,(H2,17,18,19);1H. The lowest BCUT2D eigenvalue weighted by molar-refractivity contribution is 0.682. The average molecular weight is 415 g/mol. The highest BCUT2D eigenvalue weighted by Gasteiger charge is 2.01. The van der Waals surface area contributed by atoms with E-state index < -0.39 is 0 Å². The van der Waals surface area contributed by atoms with Crippen LogP contribution in [-0.4, -0.2) is 35.5 Å². The van der Waals surface area contributed by atoms with Gasteiger partial charge >= 0.3 is 0 Å². The fourth-order valence-electron chi connectivity index (χ4n) is 2.22. The highest BCUT2D eigenvalue weighted by molar-refractivity contribution is 14.0. The molecule has 2 heterocycles. The number of rotatable bonds is 7. The van der Waals surface area contributed by atoms with Crippen molar-refractivity contribution >= 4 is 35.6 Å². The summed E-state index contributed by atoms with van der Waals surface area (Å²) in [5.41, 5.74) is 2.09. The lowest BCUT2D eigenvalue weighted by Crippen LogP contribution is -2.38. The van der Waals surface area contributed by atoms with Crippen LogP contribution >= 0.6 is 24.0 Å². The number of aliphatic imine (C=N–C) groups is 1. The summed E-state index contributed by atoms with van der Waals surface area (Å²) in [7, 11) is 1.81. The molecule has 0 fully saturated rings. The van der Waals surface area contributed by atoms with Gasteiger partial charge in [0.15, 0.2) is 5.96 Å². The SMILES string of the molecule is CCCCCNC(=NC)NCCc1cn2ccccc2n1.I. The summed E-state index contributed by atoms with van der Waals surface area (Å²) in [6.45, 7) is 4.02. The molecule has 0 radical (unpaired) electrons. The summed E-state index contributed by atoms with van der Waals surface area (Å²) in [6.07, 6.45) is 8.66. The number of hydrogen-bond donors (Lipinski definition) is 2. The molecule has 2 aromatic rings. The second kappa shape index (κ2) is 10.4. The normalized spacial score (nSPS) is 11.3. The van der Waals surface area contributed by atoms with Crippen LogP contribution in [0.2, 0.25) is 0 Å². The number of unbranched alkanes of at least 4 members (excludes halogenated alkanes) is 2. The Kier molecular flexibility index (Phi) is 8.88. The van der Waals surface area contributed by atoms with E-state index in [1.807, 2.05) is 28.8 Å². The highest BCUT2D eigenvalue weighted by atomic mass is 127. The van der Waals surface area contributed by atoms with Gasteiger partial charge in [0, 0.05) is 39.0 Å². The van der Waals surface area contributed by atoms with E-state index in [9.17, 15) is 0 Å². The van der Waals surface area contributed by atoms with E-state index in [0.717, 1.165) is 36.8 Å². The summed E-state index contributed by atoms with van der Waals surface area (Å²) in [6, 6.07) is 6.04. The third kappa shape index (κ3) is 5.82. The van der Waals surface area contributed by atoms with Crippen molar-refractivity contribution in [2.45, 2.75) is 32.6 Å². The first kappa shape index (κ1) is 18.7. The number of nitrogens with one attached hydrogen (secondary N) is 2. The first-order chi connectivity index (χ1) is 10.3. The van der Waals surface area contributed by atoms with Crippen molar-refractivity contribution in [1.82, 2.24) is 20.0 Å².